The molecule has 1 amide bonds. The lowest BCUT2D eigenvalue weighted by molar-refractivity contribution is -0.121. The molecule has 2 rings (SSSR count). The van der Waals surface area contributed by atoms with Crippen LogP contribution in [0.25, 0.3) is 0 Å². The van der Waals surface area contributed by atoms with Crippen LogP contribution in [0.4, 0.5) is 0 Å². The third-order valence-electron chi connectivity index (χ3n) is 2.97. The van der Waals surface area contributed by atoms with Crippen LogP contribution in [0.2, 0.25) is 0 Å². The molecule has 2 aromatic rings. The number of nitrogens with two attached hydrogens (primary N) is 1. The van der Waals surface area contributed by atoms with Crippen molar-refractivity contribution in [2.75, 3.05) is 0 Å². The van der Waals surface area contributed by atoms with Crippen molar-refractivity contribution >= 4 is 5.91 Å². The van der Waals surface area contributed by atoms with Crippen molar-refractivity contribution in [2.45, 2.75) is 19.0 Å². The molecule has 0 saturated carbocycles. The van der Waals surface area contributed by atoms with Crippen LogP contribution in [0, 0.1) is 0 Å². The minimum Gasteiger partial charge on any atom is -0.352 e. The molecule has 3 nitrogen and oxygen atoms in total. The number of amides is 1. The van der Waals surface area contributed by atoms with E-state index in [-0.39, 0.29) is 11.9 Å². The zero-order valence-corrected chi connectivity index (χ0v) is 10.8. The van der Waals surface area contributed by atoms with E-state index >= 15 is 0 Å². The SMILES string of the molecule is NC(CC(=O)NCc1ccccc1)c1ccccc1. The molecule has 0 saturated heterocycles. The first-order valence-corrected chi connectivity index (χ1v) is 6.37. The molecular formula is C16H18N2O. The van der Waals surface area contributed by atoms with Crippen LogP contribution in [0.3, 0.4) is 0 Å². The monoisotopic (exact) mass is 254 g/mol. The van der Waals surface area contributed by atoms with Gasteiger partial charge in [-0.3, -0.25) is 4.79 Å². The van der Waals surface area contributed by atoms with E-state index in [0.717, 1.165) is 11.1 Å². The second kappa shape index (κ2) is 6.71. The zero-order valence-electron chi connectivity index (χ0n) is 10.8. The Balaban J connectivity index is 1.82. The Labute approximate surface area is 113 Å². The minimum atomic E-state index is -0.253. The summed E-state index contributed by atoms with van der Waals surface area (Å²) in [6.07, 6.45) is 0.302. The standard InChI is InChI=1S/C16H18N2O/c17-15(14-9-5-2-6-10-14)11-16(19)18-12-13-7-3-1-4-8-13/h1-10,15H,11-12,17H2,(H,18,19). The fourth-order valence-corrected chi connectivity index (χ4v) is 1.89. The Morgan fingerprint density at radius 2 is 1.58 bits per heavy atom. The normalized spacial score (nSPS) is 11.8. The zero-order chi connectivity index (χ0) is 13.5. The van der Waals surface area contributed by atoms with Crippen LogP contribution >= 0.6 is 0 Å². The van der Waals surface area contributed by atoms with Gasteiger partial charge in [0.15, 0.2) is 0 Å². The molecule has 3 N–H and O–H groups in total. The molecule has 0 radical (unpaired) electrons. The largest absolute Gasteiger partial charge is 0.352 e. The van der Waals surface area contributed by atoms with Crippen LogP contribution in [-0.2, 0) is 11.3 Å². The number of hydrogen-bond acceptors (Lipinski definition) is 2. The summed E-state index contributed by atoms with van der Waals surface area (Å²) in [5.41, 5.74) is 8.07. The molecule has 2 aromatic carbocycles. The highest BCUT2D eigenvalue weighted by atomic mass is 16.1. The molecule has 1 atom stereocenters. The molecule has 19 heavy (non-hydrogen) atoms. The smallest absolute Gasteiger partial charge is 0.222 e. The van der Waals surface area contributed by atoms with Gasteiger partial charge in [0.2, 0.25) is 5.91 Å². The van der Waals surface area contributed by atoms with Gasteiger partial charge in [-0.05, 0) is 11.1 Å². The molecule has 0 bridgehead atoms. The van der Waals surface area contributed by atoms with Crippen LogP contribution < -0.4 is 11.1 Å². The summed E-state index contributed by atoms with van der Waals surface area (Å²) in [5, 5.41) is 2.88. The molecule has 0 heterocycles. The number of nitrogens with one attached hydrogen (secondary N) is 1. The Kier molecular flexibility index (Phi) is 4.70. The van der Waals surface area contributed by atoms with Gasteiger partial charge < -0.3 is 11.1 Å². The van der Waals surface area contributed by atoms with E-state index in [1.807, 2.05) is 60.7 Å². The van der Waals surface area contributed by atoms with Crippen LogP contribution in [0.1, 0.15) is 23.6 Å². The summed E-state index contributed by atoms with van der Waals surface area (Å²) in [4.78, 5) is 11.8. The van der Waals surface area contributed by atoms with Crippen molar-refractivity contribution in [2.24, 2.45) is 5.73 Å². The molecule has 0 aliphatic carbocycles. The lowest BCUT2D eigenvalue weighted by atomic mass is 10.0. The fraction of sp³-hybridized carbons (Fsp3) is 0.188. The summed E-state index contributed by atoms with van der Waals surface area (Å²) >= 11 is 0. The minimum absolute atomic E-state index is 0.0276. The maximum absolute atomic E-state index is 11.8. The molecule has 0 spiro atoms. The van der Waals surface area contributed by atoms with Gasteiger partial charge in [0.25, 0.3) is 0 Å². The van der Waals surface area contributed by atoms with E-state index in [4.69, 9.17) is 5.73 Å². The first-order valence-electron chi connectivity index (χ1n) is 6.37. The van der Waals surface area contributed by atoms with Gasteiger partial charge in [-0.25, -0.2) is 0 Å². The summed E-state index contributed by atoms with van der Waals surface area (Å²) < 4.78 is 0. The molecule has 0 aromatic heterocycles. The first kappa shape index (κ1) is 13.3. The number of carbonyl (C=O) groups is 1. The highest BCUT2D eigenvalue weighted by molar-refractivity contribution is 5.76. The third kappa shape index (κ3) is 4.23. The van der Waals surface area contributed by atoms with Gasteiger partial charge in [0, 0.05) is 19.0 Å². The maximum Gasteiger partial charge on any atom is 0.222 e. The molecule has 1 unspecified atom stereocenters. The van der Waals surface area contributed by atoms with Crippen molar-refractivity contribution < 1.29 is 4.79 Å². The van der Waals surface area contributed by atoms with Crippen molar-refractivity contribution in [1.82, 2.24) is 5.32 Å². The van der Waals surface area contributed by atoms with E-state index in [9.17, 15) is 4.79 Å². The Morgan fingerprint density at radius 1 is 1.00 bits per heavy atom. The van der Waals surface area contributed by atoms with Crippen molar-refractivity contribution in [1.29, 1.82) is 0 Å². The fourth-order valence-electron chi connectivity index (χ4n) is 1.89. The van der Waals surface area contributed by atoms with E-state index in [0.29, 0.717) is 13.0 Å². The van der Waals surface area contributed by atoms with Gasteiger partial charge in [0.05, 0.1) is 0 Å². The second-order valence-corrected chi connectivity index (χ2v) is 4.48. The molecule has 0 aliphatic heterocycles. The van der Waals surface area contributed by atoms with Crippen molar-refractivity contribution in [3.63, 3.8) is 0 Å². The molecule has 98 valence electrons. The molecule has 0 aliphatic rings. The third-order valence-corrected chi connectivity index (χ3v) is 2.97. The topological polar surface area (TPSA) is 55.1 Å². The quantitative estimate of drug-likeness (QED) is 0.860. The van der Waals surface area contributed by atoms with Crippen LogP contribution in [-0.4, -0.2) is 5.91 Å². The second-order valence-electron chi connectivity index (χ2n) is 4.48. The average molecular weight is 254 g/mol. The van der Waals surface area contributed by atoms with E-state index < -0.39 is 0 Å². The van der Waals surface area contributed by atoms with Crippen LogP contribution in [0.15, 0.2) is 60.7 Å². The Morgan fingerprint density at radius 3 is 2.21 bits per heavy atom. The van der Waals surface area contributed by atoms with Crippen molar-refractivity contribution in [3.05, 3.63) is 71.8 Å². The van der Waals surface area contributed by atoms with Gasteiger partial charge in [0.1, 0.15) is 0 Å². The number of benzene rings is 2. The van der Waals surface area contributed by atoms with E-state index in [1.165, 1.54) is 0 Å². The Hall–Kier alpha value is -2.13. The predicted octanol–water partition coefficient (Wildman–Crippen LogP) is 2.39. The number of rotatable bonds is 5. The summed E-state index contributed by atoms with van der Waals surface area (Å²) in [5.74, 6) is -0.0276. The summed E-state index contributed by atoms with van der Waals surface area (Å²) in [7, 11) is 0. The molecule has 0 fully saturated rings. The van der Waals surface area contributed by atoms with Gasteiger partial charge in [-0.15, -0.1) is 0 Å². The van der Waals surface area contributed by atoms with Crippen LogP contribution in [0.5, 0.6) is 0 Å². The van der Waals surface area contributed by atoms with Crippen molar-refractivity contribution in [3.8, 4) is 0 Å². The number of hydrogen-bond donors (Lipinski definition) is 2. The van der Waals surface area contributed by atoms with Gasteiger partial charge in [-0.2, -0.15) is 0 Å². The highest BCUT2D eigenvalue weighted by Gasteiger charge is 2.10. The van der Waals surface area contributed by atoms with Gasteiger partial charge in [-0.1, -0.05) is 60.7 Å². The average Bonchev–Trinajstić information content (AvgIpc) is 2.47. The first-order chi connectivity index (χ1) is 9.25. The maximum atomic E-state index is 11.8. The lowest BCUT2D eigenvalue weighted by Crippen LogP contribution is -2.27. The highest BCUT2D eigenvalue weighted by Crippen LogP contribution is 2.12. The summed E-state index contributed by atoms with van der Waals surface area (Å²) in [6, 6.07) is 19.3. The molecule has 3 heteroatoms. The van der Waals surface area contributed by atoms with E-state index in [2.05, 4.69) is 5.32 Å². The number of carbonyl (C=O) groups excluding carboxylic acids is 1. The van der Waals surface area contributed by atoms with Gasteiger partial charge >= 0.3 is 0 Å². The predicted molar refractivity (Wildman–Crippen MR) is 76.3 cm³/mol. The summed E-state index contributed by atoms with van der Waals surface area (Å²) in [6.45, 7) is 0.543. The molecular weight excluding hydrogens is 236 g/mol. The lowest BCUT2D eigenvalue weighted by Gasteiger charge is -2.12. The Bertz CT molecular complexity index is 511. The van der Waals surface area contributed by atoms with E-state index in [1.54, 1.807) is 0 Å².